The molecule has 0 amide bonds. The Morgan fingerprint density at radius 3 is 2.00 bits per heavy atom. The maximum absolute atomic E-state index is 2.48. The molecule has 0 spiro atoms. The van der Waals surface area contributed by atoms with Gasteiger partial charge in [-0.3, -0.25) is 0 Å². The van der Waals surface area contributed by atoms with E-state index in [1.807, 2.05) is 0 Å². The van der Waals surface area contributed by atoms with Crippen LogP contribution in [0.15, 0.2) is 6.07 Å². The molecule has 0 bridgehead atoms. The molecule has 0 aliphatic carbocycles. The van der Waals surface area contributed by atoms with Gasteiger partial charge >= 0.3 is 0 Å². The zero-order chi connectivity index (χ0) is 12.5. The van der Waals surface area contributed by atoms with Crippen molar-refractivity contribution in [1.82, 2.24) is 0 Å². The molecule has 0 saturated carbocycles. The Morgan fingerprint density at radius 1 is 1.06 bits per heavy atom. The van der Waals surface area contributed by atoms with Crippen LogP contribution in [0.3, 0.4) is 0 Å². The summed E-state index contributed by atoms with van der Waals surface area (Å²) in [6.07, 6.45) is 2.43. The van der Waals surface area contributed by atoms with Crippen molar-refractivity contribution in [3.63, 3.8) is 0 Å². The van der Waals surface area contributed by atoms with Crippen LogP contribution >= 0.6 is 22.6 Å². The zero-order valence-electron chi connectivity index (χ0n) is 11.4. The van der Waals surface area contributed by atoms with Gasteiger partial charge in [0.15, 0.2) is 0 Å². The summed E-state index contributed by atoms with van der Waals surface area (Å²) in [5, 5.41) is 0. The minimum atomic E-state index is 0.335. The highest BCUT2D eigenvalue weighted by Crippen LogP contribution is 2.37. The zero-order valence-corrected chi connectivity index (χ0v) is 13.5. The molecule has 90 valence electrons. The molecule has 0 unspecified atom stereocenters. The fourth-order valence-electron chi connectivity index (χ4n) is 2.69. The molecule has 0 nitrogen and oxygen atoms in total. The Balaban J connectivity index is 3.50. The lowest BCUT2D eigenvalue weighted by Crippen LogP contribution is -2.23. The maximum atomic E-state index is 2.48. The number of hydrogen-bond acceptors (Lipinski definition) is 0. The topological polar surface area (TPSA) is 0 Å². The minimum Gasteiger partial charge on any atom is -0.0645 e. The van der Waals surface area contributed by atoms with Crippen LogP contribution in [0.25, 0.3) is 0 Å². The molecule has 0 aliphatic rings. The van der Waals surface area contributed by atoms with E-state index in [0.717, 1.165) is 0 Å². The van der Waals surface area contributed by atoms with Gasteiger partial charge in [0.1, 0.15) is 0 Å². The molecule has 0 N–H and O–H groups in total. The Bertz CT molecular complexity index is 387. The second-order valence-corrected chi connectivity index (χ2v) is 6.17. The van der Waals surface area contributed by atoms with Gasteiger partial charge in [-0.25, -0.2) is 0 Å². The van der Waals surface area contributed by atoms with Gasteiger partial charge in [0.25, 0.3) is 0 Å². The van der Waals surface area contributed by atoms with Gasteiger partial charge in [0, 0.05) is 3.57 Å². The average Bonchev–Trinajstić information content (AvgIpc) is 2.25. The van der Waals surface area contributed by atoms with E-state index in [9.17, 15) is 0 Å². The highest BCUT2D eigenvalue weighted by atomic mass is 127. The molecule has 1 aromatic carbocycles. The smallest absolute Gasteiger partial charge is 0.0191 e. The Labute approximate surface area is 114 Å². The molecule has 16 heavy (non-hydrogen) atoms. The molecular weight excluding hydrogens is 307 g/mol. The van der Waals surface area contributed by atoms with Crippen molar-refractivity contribution in [2.24, 2.45) is 0 Å². The first-order valence-corrected chi connectivity index (χ1v) is 7.22. The Kier molecular flexibility index (Phi) is 4.44. The van der Waals surface area contributed by atoms with Crippen LogP contribution in [0.5, 0.6) is 0 Å². The lowest BCUT2D eigenvalue weighted by molar-refractivity contribution is 0.434. The third kappa shape index (κ3) is 2.29. The first kappa shape index (κ1) is 14.0. The van der Waals surface area contributed by atoms with Gasteiger partial charge in [-0.15, -0.1) is 0 Å². The van der Waals surface area contributed by atoms with Crippen molar-refractivity contribution in [3.05, 3.63) is 31.9 Å². The van der Waals surface area contributed by atoms with E-state index in [-0.39, 0.29) is 0 Å². The second-order valence-electron chi connectivity index (χ2n) is 5.09. The molecule has 0 aromatic heterocycles. The highest BCUT2D eigenvalue weighted by Gasteiger charge is 2.27. The van der Waals surface area contributed by atoms with Crippen molar-refractivity contribution in [1.29, 1.82) is 0 Å². The molecule has 0 radical (unpaired) electrons. The van der Waals surface area contributed by atoms with Gasteiger partial charge in [0.2, 0.25) is 0 Å². The third-order valence-electron chi connectivity index (χ3n) is 4.04. The van der Waals surface area contributed by atoms with Gasteiger partial charge in [-0.05, 0) is 83.9 Å². The third-order valence-corrected chi connectivity index (χ3v) is 5.70. The second kappa shape index (κ2) is 5.07. The van der Waals surface area contributed by atoms with Crippen LogP contribution in [0, 0.1) is 24.3 Å². The van der Waals surface area contributed by atoms with Crippen LogP contribution in [0.2, 0.25) is 0 Å². The predicted octanol–water partition coefficient (Wildman–Crippen LogP) is 5.29. The average molecular weight is 330 g/mol. The summed E-state index contributed by atoms with van der Waals surface area (Å²) >= 11 is 2.48. The summed E-state index contributed by atoms with van der Waals surface area (Å²) in [4.78, 5) is 0. The lowest BCUT2D eigenvalue weighted by atomic mass is 9.73. The number of hydrogen-bond donors (Lipinski definition) is 0. The summed E-state index contributed by atoms with van der Waals surface area (Å²) in [5.74, 6) is 0. The van der Waals surface area contributed by atoms with Gasteiger partial charge in [0.05, 0.1) is 0 Å². The maximum Gasteiger partial charge on any atom is 0.0191 e. The van der Waals surface area contributed by atoms with Crippen molar-refractivity contribution in [2.45, 2.75) is 59.8 Å². The van der Waals surface area contributed by atoms with Crippen LogP contribution in [-0.2, 0) is 5.41 Å². The lowest BCUT2D eigenvalue weighted by Gasteiger charge is -2.32. The van der Waals surface area contributed by atoms with Crippen molar-refractivity contribution in [3.8, 4) is 0 Å². The van der Waals surface area contributed by atoms with Gasteiger partial charge in [-0.1, -0.05) is 26.8 Å². The van der Waals surface area contributed by atoms with E-state index < -0.39 is 0 Å². The molecule has 1 heteroatoms. The molecule has 0 aliphatic heterocycles. The van der Waals surface area contributed by atoms with Crippen LogP contribution < -0.4 is 0 Å². The van der Waals surface area contributed by atoms with E-state index >= 15 is 0 Å². The van der Waals surface area contributed by atoms with E-state index in [4.69, 9.17) is 0 Å². The number of aryl methyl sites for hydroxylation is 2. The molecule has 1 rings (SSSR count). The Hall–Kier alpha value is -0.0500. The van der Waals surface area contributed by atoms with Crippen molar-refractivity contribution < 1.29 is 0 Å². The molecular formula is C15H23I. The van der Waals surface area contributed by atoms with Crippen molar-refractivity contribution >= 4 is 22.6 Å². The molecule has 0 saturated heterocycles. The Morgan fingerprint density at radius 2 is 1.56 bits per heavy atom. The quantitative estimate of drug-likeness (QED) is 0.660. The fourth-order valence-corrected chi connectivity index (χ4v) is 3.12. The first-order chi connectivity index (χ1) is 7.37. The standard InChI is InChI=1S/C15H23I/c1-7-15(6,8-2)13-10(3)9-11(4)14(16)12(13)5/h9H,7-8H2,1-6H3. The predicted molar refractivity (Wildman–Crippen MR) is 81.3 cm³/mol. The molecule has 0 heterocycles. The normalized spacial score (nSPS) is 11.9. The van der Waals surface area contributed by atoms with E-state index in [1.54, 1.807) is 5.56 Å². The number of benzene rings is 1. The SMILES string of the molecule is CCC(C)(CC)c1c(C)cc(C)c(I)c1C. The largest absolute Gasteiger partial charge is 0.0645 e. The molecule has 0 fully saturated rings. The highest BCUT2D eigenvalue weighted by molar-refractivity contribution is 14.1. The van der Waals surface area contributed by atoms with Crippen LogP contribution in [-0.4, -0.2) is 0 Å². The molecule has 1 aromatic rings. The van der Waals surface area contributed by atoms with E-state index in [2.05, 4.69) is 70.2 Å². The molecule has 0 atom stereocenters. The van der Waals surface area contributed by atoms with E-state index in [0.29, 0.717) is 5.41 Å². The fraction of sp³-hybridized carbons (Fsp3) is 0.600. The first-order valence-electron chi connectivity index (χ1n) is 6.14. The number of rotatable bonds is 3. The van der Waals surface area contributed by atoms with Gasteiger partial charge in [-0.2, -0.15) is 0 Å². The van der Waals surface area contributed by atoms with Crippen molar-refractivity contribution in [2.75, 3.05) is 0 Å². The summed E-state index contributed by atoms with van der Waals surface area (Å²) in [7, 11) is 0. The summed E-state index contributed by atoms with van der Waals surface area (Å²) in [6.45, 7) is 13.7. The summed E-state index contributed by atoms with van der Waals surface area (Å²) in [6, 6.07) is 2.34. The monoisotopic (exact) mass is 330 g/mol. The van der Waals surface area contributed by atoms with Gasteiger partial charge < -0.3 is 0 Å². The minimum absolute atomic E-state index is 0.335. The van der Waals surface area contributed by atoms with Crippen LogP contribution in [0.1, 0.15) is 55.9 Å². The van der Waals surface area contributed by atoms with Crippen LogP contribution in [0.4, 0.5) is 0 Å². The number of halogens is 1. The summed E-state index contributed by atoms with van der Waals surface area (Å²) in [5.41, 5.74) is 6.27. The van der Waals surface area contributed by atoms with E-state index in [1.165, 1.54) is 33.1 Å². The summed E-state index contributed by atoms with van der Waals surface area (Å²) < 4.78 is 1.44.